The van der Waals surface area contributed by atoms with E-state index >= 15 is 0 Å². The molecule has 0 atom stereocenters. The predicted molar refractivity (Wildman–Crippen MR) is 123 cm³/mol. The first-order valence-corrected chi connectivity index (χ1v) is 10.00. The molecule has 0 radical (unpaired) electrons. The summed E-state index contributed by atoms with van der Waals surface area (Å²) in [5.74, 6) is -3.33. The van der Waals surface area contributed by atoms with Crippen molar-refractivity contribution in [2.24, 2.45) is 5.41 Å². The summed E-state index contributed by atoms with van der Waals surface area (Å²) in [4.78, 5) is 55.9. The number of carbonyl (C=O) groups excluding carboxylic acids is 5. The Kier molecular flexibility index (Phi) is 17.6. The minimum Gasteiger partial charge on any atom is -0.462 e. The van der Waals surface area contributed by atoms with Crippen molar-refractivity contribution in [2.45, 2.75) is 20.3 Å². The third-order valence-corrected chi connectivity index (χ3v) is 3.53. The highest BCUT2D eigenvalue weighted by Gasteiger charge is 2.37. The van der Waals surface area contributed by atoms with Crippen molar-refractivity contribution in [1.82, 2.24) is 0 Å². The van der Waals surface area contributed by atoms with Crippen LogP contribution in [0.3, 0.4) is 0 Å². The lowest BCUT2D eigenvalue weighted by molar-refractivity contribution is -0.164. The summed E-state index contributed by atoms with van der Waals surface area (Å²) in [7, 11) is 0. The van der Waals surface area contributed by atoms with E-state index in [2.05, 4.69) is 32.9 Å². The Balaban J connectivity index is 0. The van der Waals surface area contributed by atoms with Gasteiger partial charge >= 0.3 is 29.8 Å². The second-order valence-corrected chi connectivity index (χ2v) is 6.66. The number of carbonyl (C=O) groups is 5. The Labute approximate surface area is 199 Å². The molecule has 188 valence electrons. The molecule has 0 aromatic carbocycles. The monoisotopic (exact) mass is 480 g/mol. The second kappa shape index (κ2) is 18.6. The van der Waals surface area contributed by atoms with Crippen molar-refractivity contribution in [3.63, 3.8) is 0 Å². The molecule has 0 aliphatic heterocycles. The molecular weight excluding hydrogens is 448 g/mol. The molecule has 0 heterocycles. The van der Waals surface area contributed by atoms with E-state index in [1.54, 1.807) is 6.92 Å². The van der Waals surface area contributed by atoms with Crippen LogP contribution in [0.25, 0.3) is 0 Å². The van der Waals surface area contributed by atoms with Gasteiger partial charge in [-0.1, -0.05) is 39.8 Å². The summed E-state index contributed by atoms with van der Waals surface area (Å²) in [5.41, 5.74) is -0.877. The highest BCUT2D eigenvalue weighted by molar-refractivity contribution is 5.87. The molecule has 0 saturated carbocycles. The Bertz CT molecular complexity index is 677. The van der Waals surface area contributed by atoms with Crippen LogP contribution in [0.1, 0.15) is 20.3 Å². The molecule has 10 heteroatoms. The van der Waals surface area contributed by atoms with Crippen molar-refractivity contribution >= 4 is 29.8 Å². The minimum absolute atomic E-state index is 0.295. The van der Waals surface area contributed by atoms with E-state index in [0.29, 0.717) is 12.2 Å². The first-order chi connectivity index (χ1) is 16.0. The van der Waals surface area contributed by atoms with Gasteiger partial charge in [-0.2, -0.15) is 0 Å². The first kappa shape index (κ1) is 32.2. The predicted octanol–water partition coefficient (Wildman–Crippen LogP) is 2.41. The zero-order chi connectivity index (χ0) is 26.6. The van der Waals surface area contributed by atoms with Gasteiger partial charge in [0.15, 0.2) is 0 Å². The summed E-state index contributed by atoms with van der Waals surface area (Å²) >= 11 is 0. The molecule has 0 rings (SSSR count). The van der Waals surface area contributed by atoms with Gasteiger partial charge in [-0.3, -0.25) is 0 Å². The molecule has 0 saturated heterocycles. The number of hydrogen-bond donors (Lipinski definition) is 0. The zero-order valence-electron chi connectivity index (χ0n) is 19.7. The fourth-order valence-electron chi connectivity index (χ4n) is 1.70. The maximum Gasteiger partial charge on any atom is 0.333 e. The molecule has 0 bridgehead atoms. The van der Waals surface area contributed by atoms with Gasteiger partial charge in [0.1, 0.15) is 31.8 Å². The molecule has 0 amide bonds. The molecule has 0 aliphatic rings. The van der Waals surface area contributed by atoms with E-state index in [1.165, 1.54) is 0 Å². The van der Waals surface area contributed by atoms with Crippen LogP contribution in [0.5, 0.6) is 0 Å². The average molecular weight is 481 g/mol. The van der Waals surface area contributed by atoms with Crippen molar-refractivity contribution < 1.29 is 47.7 Å². The first-order valence-electron chi connectivity index (χ1n) is 10.00. The molecule has 0 aromatic rings. The Morgan fingerprint density at radius 3 is 1.15 bits per heavy atom. The Hall–Kier alpha value is -3.95. The summed E-state index contributed by atoms with van der Waals surface area (Å²) in [5, 5.41) is 0. The zero-order valence-corrected chi connectivity index (χ0v) is 19.7. The quantitative estimate of drug-likeness (QED) is 0.195. The van der Waals surface area contributed by atoms with Crippen LogP contribution in [0.15, 0.2) is 62.8 Å². The highest BCUT2D eigenvalue weighted by atomic mass is 16.6. The molecule has 0 fully saturated rings. The number of rotatable bonds is 15. The normalized spacial score (nSPS) is 9.59. The van der Waals surface area contributed by atoms with Gasteiger partial charge in [-0.15, -0.1) is 0 Å². The molecule has 34 heavy (non-hydrogen) atoms. The largest absolute Gasteiger partial charge is 0.462 e. The SMILES string of the molecule is C=C(C)C(=O)OCCC.C=CC(=O)OCC(COC(=O)C=C)(COC(=O)C=C)COC(=O)C=C. The highest BCUT2D eigenvalue weighted by Crippen LogP contribution is 2.21. The van der Waals surface area contributed by atoms with Gasteiger partial charge in [0.2, 0.25) is 0 Å². The number of esters is 5. The fourth-order valence-corrected chi connectivity index (χ4v) is 1.70. The van der Waals surface area contributed by atoms with E-state index in [4.69, 9.17) is 23.7 Å². The molecule has 0 aliphatic carbocycles. The van der Waals surface area contributed by atoms with Gasteiger partial charge in [0.05, 0.1) is 6.61 Å². The third kappa shape index (κ3) is 15.8. The topological polar surface area (TPSA) is 132 Å². The lowest BCUT2D eigenvalue weighted by Gasteiger charge is -2.31. The molecular formula is C24H32O10. The molecule has 0 aromatic heterocycles. The molecule has 0 unspecified atom stereocenters. The van der Waals surface area contributed by atoms with Gasteiger partial charge in [-0.25, -0.2) is 24.0 Å². The maximum absolute atomic E-state index is 11.3. The van der Waals surface area contributed by atoms with E-state index in [0.717, 1.165) is 30.7 Å². The van der Waals surface area contributed by atoms with Crippen LogP contribution in [0.4, 0.5) is 0 Å². The van der Waals surface area contributed by atoms with Crippen molar-refractivity contribution in [3.05, 3.63) is 62.8 Å². The second-order valence-electron chi connectivity index (χ2n) is 6.66. The van der Waals surface area contributed by atoms with E-state index in [1.807, 2.05) is 6.92 Å². The fraction of sp³-hybridized carbons (Fsp3) is 0.375. The van der Waals surface area contributed by atoms with Gasteiger partial charge < -0.3 is 23.7 Å². The van der Waals surface area contributed by atoms with E-state index in [9.17, 15) is 24.0 Å². The van der Waals surface area contributed by atoms with Crippen LogP contribution in [0.2, 0.25) is 0 Å². The summed E-state index contributed by atoms with van der Waals surface area (Å²) in [6, 6.07) is 0. The van der Waals surface area contributed by atoms with Crippen LogP contribution in [-0.4, -0.2) is 62.9 Å². The van der Waals surface area contributed by atoms with Gasteiger partial charge in [0, 0.05) is 29.9 Å². The van der Waals surface area contributed by atoms with Crippen LogP contribution in [-0.2, 0) is 47.7 Å². The van der Waals surface area contributed by atoms with E-state index < -0.39 is 29.3 Å². The minimum atomic E-state index is -1.34. The van der Waals surface area contributed by atoms with Crippen molar-refractivity contribution in [3.8, 4) is 0 Å². The molecule has 0 N–H and O–H groups in total. The van der Waals surface area contributed by atoms with E-state index in [-0.39, 0.29) is 32.4 Å². The lowest BCUT2D eigenvalue weighted by Crippen LogP contribution is -2.43. The summed E-state index contributed by atoms with van der Waals surface area (Å²) in [6.45, 7) is 19.0. The maximum atomic E-state index is 11.3. The third-order valence-electron chi connectivity index (χ3n) is 3.53. The summed E-state index contributed by atoms with van der Waals surface area (Å²) in [6.07, 6.45) is 4.55. The standard InChI is InChI=1S/C17H20O8.C7H12O2/c1-5-13(18)22-9-17(10-23-14(19)6-2,11-24-15(20)7-3)12-25-16(21)8-4;1-4-5-9-7(8)6(2)3/h5-8H,1-4,9-12H2;2,4-5H2,1,3H3. The van der Waals surface area contributed by atoms with Crippen molar-refractivity contribution in [2.75, 3.05) is 33.0 Å². The molecule has 10 nitrogen and oxygen atoms in total. The van der Waals surface area contributed by atoms with Crippen molar-refractivity contribution in [1.29, 1.82) is 0 Å². The van der Waals surface area contributed by atoms with Gasteiger partial charge in [-0.05, 0) is 13.3 Å². The number of ether oxygens (including phenoxy) is 5. The Morgan fingerprint density at radius 2 is 0.941 bits per heavy atom. The lowest BCUT2D eigenvalue weighted by atomic mass is 9.92. The average Bonchev–Trinajstić information content (AvgIpc) is 2.85. The Morgan fingerprint density at radius 1 is 0.647 bits per heavy atom. The smallest absolute Gasteiger partial charge is 0.333 e. The van der Waals surface area contributed by atoms with Crippen LogP contribution < -0.4 is 0 Å². The van der Waals surface area contributed by atoms with Crippen LogP contribution in [0, 0.1) is 5.41 Å². The van der Waals surface area contributed by atoms with Gasteiger partial charge in [0.25, 0.3) is 0 Å². The van der Waals surface area contributed by atoms with Crippen LogP contribution >= 0.6 is 0 Å². The number of hydrogen-bond acceptors (Lipinski definition) is 10. The molecule has 0 spiro atoms. The summed E-state index contributed by atoms with van der Waals surface area (Å²) < 4.78 is 24.5.